The van der Waals surface area contributed by atoms with Gasteiger partial charge in [0, 0.05) is 54.1 Å². The lowest BCUT2D eigenvalue weighted by Gasteiger charge is -2.35. The van der Waals surface area contributed by atoms with E-state index >= 15 is 0 Å². The van der Waals surface area contributed by atoms with Crippen molar-refractivity contribution >= 4 is 27.3 Å². The minimum absolute atomic E-state index is 0.136. The molecule has 0 atom stereocenters. The van der Waals surface area contributed by atoms with Crippen molar-refractivity contribution < 1.29 is 18.0 Å². The Kier molecular flexibility index (Phi) is 3.93. The fraction of sp³-hybridized carbons (Fsp3) is 0.263. The summed E-state index contributed by atoms with van der Waals surface area (Å²) in [5.41, 5.74) is 2.55. The molecule has 26 heavy (non-hydrogen) atoms. The van der Waals surface area contributed by atoms with E-state index in [4.69, 9.17) is 0 Å². The molecule has 1 heterocycles. The zero-order valence-electron chi connectivity index (χ0n) is 14.3. The van der Waals surface area contributed by atoms with Crippen LogP contribution in [0.2, 0.25) is 0 Å². The quantitative estimate of drug-likeness (QED) is 0.684. The summed E-state index contributed by atoms with van der Waals surface area (Å²) in [6, 6.07) is 12.1. The summed E-state index contributed by atoms with van der Waals surface area (Å²) < 4.78 is 24.7. The third kappa shape index (κ3) is 2.73. The van der Waals surface area contributed by atoms with Gasteiger partial charge in [-0.2, -0.15) is 4.31 Å². The van der Waals surface area contributed by atoms with Gasteiger partial charge in [-0.1, -0.05) is 24.3 Å². The lowest BCUT2D eigenvalue weighted by atomic mass is 9.84. The smallest absolute Gasteiger partial charge is 0.211 e. The van der Waals surface area contributed by atoms with Crippen molar-refractivity contribution in [2.45, 2.75) is 0 Å². The molecule has 0 saturated carbocycles. The van der Waals surface area contributed by atoms with E-state index in [-0.39, 0.29) is 11.6 Å². The Hall–Kier alpha value is -2.51. The lowest BCUT2D eigenvalue weighted by Crippen LogP contribution is -2.48. The van der Waals surface area contributed by atoms with Crippen molar-refractivity contribution in [3.63, 3.8) is 0 Å². The molecule has 2 aliphatic rings. The van der Waals surface area contributed by atoms with Crippen LogP contribution in [0.5, 0.6) is 0 Å². The molecule has 0 amide bonds. The first-order valence-electron chi connectivity index (χ1n) is 8.39. The Morgan fingerprint density at radius 1 is 0.769 bits per heavy atom. The number of ketones is 2. The Bertz CT molecular complexity index is 1020. The van der Waals surface area contributed by atoms with E-state index in [1.165, 1.54) is 10.6 Å². The maximum Gasteiger partial charge on any atom is 0.211 e. The number of carbonyl (C=O) groups is 2. The molecule has 134 valence electrons. The molecule has 7 heteroatoms. The first-order chi connectivity index (χ1) is 12.4. The van der Waals surface area contributed by atoms with E-state index in [1.807, 2.05) is 11.0 Å². The number of rotatable bonds is 2. The maximum absolute atomic E-state index is 12.8. The first kappa shape index (κ1) is 16.9. The van der Waals surface area contributed by atoms with Gasteiger partial charge in [0.25, 0.3) is 0 Å². The van der Waals surface area contributed by atoms with Crippen LogP contribution in [0.25, 0.3) is 0 Å². The molecule has 0 N–H and O–H groups in total. The average molecular weight is 370 g/mol. The lowest BCUT2D eigenvalue weighted by molar-refractivity contribution is 0.0979. The van der Waals surface area contributed by atoms with Gasteiger partial charge in [-0.3, -0.25) is 9.59 Å². The molecule has 4 rings (SSSR count). The monoisotopic (exact) mass is 370 g/mol. The fourth-order valence-corrected chi connectivity index (χ4v) is 4.39. The number of hydrogen-bond acceptors (Lipinski definition) is 5. The molecule has 2 aromatic rings. The van der Waals surface area contributed by atoms with E-state index < -0.39 is 10.0 Å². The number of carbonyl (C=O) groups excluding carboxylic acids is 2. The fourth-order valence-electron chi connectivity index (χ4n) is 3.56. The molecule has 1 aliphatic heterocycles. The highest BCUT2D eigenvalue weighted by atomic mass is 32.2. The molecule has 0 spiro atoms. The number of sulfonamides is 1. The molecule has 6 nitrogen and oxygen atoms in total. The van der Waals surface area contributed by atoms with Crippen LogP contribution in [0.3, 0.4) is 0 Å². The SMILES string of the molecule is CS(=O)(=O)N1CCN(c2ccc3c(c2)C(=O)c2ccccc2C3=O)CC1. The van der Waals surface area contributed by atoms with E-state index in [9.17, 15) is 18.0 Å². The summed E-state index contributed by atoms with van der Waals surface area (Å²) in [6.07, 6.45) is 1.21. The zero-order chi connectivity index (χ0) is 18.5. The second-order valence-corrected chi connectivity index (χ2v) is 8.57. The van der Waals surface area contributed by atoms with Crippen LogP contribution < -0.4 is 4.90 Å². The molecular formula is C19H18N2O4S. The van der Waals surface area contributed by atoms with Crippen molar-refractivity contribution in [2.75, 3.05) is 37.3 Å². The van der Waals surface area contributed by atoms with Crippen molar-refractivity contribution in [1.29, 1.82) is 0 Å². The number of nitrogens with zero attached hydrogens (tertiary/aromatic N) is 2. The predicted octanol–water partition coefficient (Wildman–Crippen LogP) is 1.54. The van der Waals surface area contributed by atoms with Crippen LogP contribution in [0.4, 0.5) is 5.69 Å². The van der Waals surface area contributed by atoms with E-state index in [2.05, 4.69) is 0 Å². The molecule has 0 bridgehead atoms. The Morgan fingerprint density at radius 3 is 1.88 bits per heavy atom. The van der Waals surface area contributed by atoms with Gasteiger partial charge in [0.15, 0.2) is 11.6 Å². The number of benzene rings is 2. The second kappa shape index (κ2) is 6.03. The summed E-state index contributed by atoms with van der Waals surface area (Å²) in [4.78, 5) is 27.5. The number of piperazine rings is 1. The molecule has 1 saturated heterocycles. The van der Waals surface area contributed by atoms with Gasteiger partial charge in [0.1, 0.15) is 0 Å². The van der Waals surface area contributed by atoms with Crippen LogP contribution in [0, 0.1) is 0 Å². The van der Waals surface area contributed by atoms with Crippen molar-refractivity contribution in [3.8, 4) is 0 Å². The van der Waals surface area contributed by atoms with Gasteiger partial charge in [-0.25, -0.2) is 8.42 Å². The van der Waals surface area contributed by atoms with E-state index in [0.717, 1.165) is 5.69 Å². The molecule has 0 radical (unpaired) electrons. The Balaban J connectivity index is 1.65. The average Bonchev–Trinajstić information content (AvgIpc) is 2.65. The molecular weight excluding hydrogens is 352 g/mol. The summed E-state index contributed by atoms with van der Waals surface area (Å²) in [5.74, 6) is -0.282. The van der Waals surface area contributed by atoms with Gasteiger partial charge >= 0.3 is 0 Å². The Morgan fingerprint density at radius 2 is 1.31 bits per heavy atom. The van der Waals surface area contributed by atoms with Gasteiger partial charge in [0.05, 0.1) is 6.26 Å². The van der Waals surface area contributed by atoms with Gasteiger partial charge in [-0.05, 0) is 18.2 Å². The molecule has 0 aromatic heterocycles. The zero-order valence-corrected chi connectivity index (χ0v) is 15.1. The molecule has 2 aromatic carbocycles. The summed E-state index contributed by atoms with van der Waals surface area (Å²) in [7, 11) is -3.19. The molecule has 0 unspecified atom stereocenters. The standard InChI is InChI=1S/C19H18N2O4S/c1-26(24,25)21-10-8-20(9-11-21)13-6-7-16-17(12-13)19(23)15-5-3-2-4-14(15)18(16)22/h2-7,12H,8-11H2,1H3. The summed E-state index contributed by atoms with van der Waals surface area (Å²) in [6.45, 7) is 1.91. The number of fused-ring (bicyclic) bond motifs is 2. The second-order valence-electron chi connectivity index (χ2n) is 6.58. The minimum atomic E-state index is -3.19. The van der Waals surface area contributed by atoms with Gasteiger partial charge in [0.2, 0.25) is 10.0 Å². The van der Waals surface area contributed by atoms with E-state index in [1.54, 1.807) is 36.4 Å². The largest absolute Gasteiger partial charge is 0.369 e. The van der Waals surface area contributed by atoms with Gasteiger partial charge < -0.3 is 4.90 Å². The van der Waals surface area contributed by atoms with Gasteiger partial charge in [-0.15, -0.1) is 0 Å². The third-order valence-corrected chi connectivity index (χ3v) is 6.28. The maximum atomic E-state index is 12.8. The van der Waals surface area contributed by atoms with E-state index in [0.29, 0.717) is 48.4 Å². The topological polar surface area (TPSA) is 74.8 Å². The van der Waals surface area contributed by atoms with Crippen molar-refractivity contribution in [2.24, 2.45) is 0 Å². The molecule has 1 aliphatic carbocycles. The minimum Gasteiger partial charge on any atom is -0.369 e. The highest BCUT2D eigenvalue weighted by Gasteiger charge is 2.30. The Labute approximate surface area is 152 Å². The van der Waals surface area contributed by atoms with Crippen LogP contribution in [-0.2, 0) is 10.0 Å². The van der Waals surface area contributed by atoms with Crippen LogP contribution in [0.15, 0.2) is 42.5 Å². The highest BCUT2D eigenvalue weighted by Crippen LogP contribution is 2.30. The first-order valence-corrected chi connectivity index (χ1v) is 10.2. The van der Waals surface area contributed by atoms with Crippen LogP contribution in [-0.4, -0.2) is 56.7 Å². The number of anilines is 1. The highest BCUT2D eigenvalue weighted by molar-refractivity contribution is 7.88. The van der Waals surface area contributed by atoms with Crippen LogP contribution >= 0.6 is 0 Å². The number of hydrogen-bond donors (Lipinski definition) is 0. The van der Waals surface area contributed by atoms with Crippen LogP contribution in [0.1, 0.15) is 31.8 Å². The molecule has 1 fully saturated rings. The normalized spacial score (nSPS) is 17.8. The predicted molar refractivity (Wildman–Crippen MR) is 98.4 cm³/mol. The third-order valence-electron chi connectivity index (χ3n) is 4.98. The summed E-state index contributed by atoms with van der Waals surface area (Å²) >= 11 is 0. The summed E-state index contributed by atoms with van der Waals surface area (Å²) in [5, 5.41) is 0. The van der Waals surface area contributed by atoms with Crippen molar-refractivity contribution in [3.05, 3.63) is 64.7 Å². The van der Waals surface area contributed by atoms with Crippen molar-refractivity contribution in [1.82, 2.24) is 4.31 Å².